The fourth-order valence-corrected chi connectivity index (χ4v) is 5.12. The van der Waals surface area contributed by atoms with Crippen LogP contribution in [0.1, 0.15) is 21.6 Å². The van der Waals surface area contributed by atoms with Crippen molar-refractivity contribution >= 4 is 21.6 Å². The van der Waals surface area contributed by atoms with Gasteiger partial charge in [-0.1, -0.05) is 30.3 Å². The van der Waals surface area contributed by atoms with Gasteiger partial charge in [0, 0.05) is 13.1 Å². The summed E-state index contributed by atoms with van der Waals surface area (Å²) < 4.78 is 82.1. The minimum absolute atomic E-state index is 0.253. The number of nitrogens with zero attached hydrogens (tertiary/aromatic N) is 3. The molecule has 0 radical (unpaired) electrons. The van der Waals surface area contributed by atoms with Crippen LogP contribution < -0.4 is 9.62 Å². The number of hydrogen-bond donors (Lipinski definition) is 1. The Morgan fingerprint density at radius 1 is 1.06 bits per heavy atom. The van der Waals surface area contributed by atoms with E-state index in [1.165, 1.54) is 16.4 Å². The Hall–Kier alpha value is -3.41. The molecule has 1 aromatic heterocycles. The predicted octanol–water partition coefficient (Wildman–Crippen LogP) is 3.15. The molecule has 1 amide bonds. The molecule has 1 aliphatic heterocycles. The molecule has 0 atom stereocenters. The minimum atomic E-state index is -5.02. The molecule has 1 N–H and O–H groups in total. The van der Waals surface area contributed by atoms with Crippen molar-refractivity contribution in [2.75, 3.05) is 23.1 Å². The fourth-order valence-electron chi connectivity index (χ4n) is 3.69. The first-order valence-electron chi connectivity index (χ1n) is 9.86. The van der Waals surface area contributed by atoms with Gasteiger partial charge in [-0.25, -0.2) is 17.5 Å². The molecule has 0 aliphatic carbocycles. The van der Waals surface area contributed by atoms with Crippen molar-refractivity contribution in [1.82, 2.24) is 15.1 Å². The van der Waals surface area contributed by atoms with Crippen molar-refractivity contribution in [3.05, 3.63) is 77.4 Å². The molecular weight excluding hydrogens is 464 g/mol. The minimum Gasteiger partial charge on any atom is -0.351 e. The summed E-state index contributed by atoms with van der Waals surface area (Å²) in [5, 5.41) is 5.75. The third kappa shape index (κ3) is 4.42. The van der Waals surface area contributed by atoms with Crippen LogP contribution >= 0.6 is 0 Å². The van der Waals surface area contributed by atoms with E-state index in [9.17, 15) is 30.8 Å². The van der Waals surface area contributed by atoms with Crippen molar-refractivity contribution < 1.29 is 30.8 Å². The molecule has 0 saturated carbocycles. The largest absolute Gasteiger partial charge is 0.434 e. The number of anilines is 1. The number of carbonyl (C=O) groups excluding carboxylic acids is 1. The number of nitrogens with one attached hydrogen (secondary N) is 1. The molecule has 174 valence electrons. The summed E-state index contributed by atoms with van der Waals surface area (Å²) in [6.07, 6.45) is -3.79. The third-order valence-electron chi connectivity index (χ3n) is 5.19. The number of aromatic nitrogens is 2. The van der Waals surface area contributed by atoms with Crippen LogP contribution in [0.4, 0.5) is 23.2 Å². The summed E-state index contributed by atoms with van der Waals surface area (Å²) in [6, 6.07) is 11.7. The predicted molar refractivity (Wildman–Crippen MR) is 112 cm³/mol. The summed E-state index contributed by atoms with van der Waals surface area (Å²) >= 11 is 0. The van der Waals surface area contributed by atoms with Gasteiger partial charge in [0.05, 0.1) is 23.2 Å². The first kappa shape index (κ1) is 22.8. The quantitative estimate of drug-likeness (QED) is 0.547. The number of para-hydroxylation sites is 2. The number of hydrogen-bond acceptors (Lipinski definition) is 4. The Bertz CT molecular complexity index is 1300. The van der Waals surface area contributed by atoms with Gasteiger partial charge in [0.25, 0.3) is 5.91 Å². The second-order valence-electron chi connectivity index (χ2n) is 7.29. The number of carbonyl (C=O) groups is 1. The molecule has 0 bridgehead atoms. The summed E-state index contributed by atoms with van der Waals surface area (Å²) in [5.74, 6) is -2.62. The Balaban J connectivity index is 1.51. The second kappa shape index (κ2) is 8.50. The molecule has 0 saturated heterocycles. The fraction of sp³-hybridized carbons (Fsp3) is 0.238. The molecule has 33 heavy (non-hydrogen) atoms. The lowest BCUT2D eigenvalue weighted by molar-refractivity contribution is -0.143. The van der Waals surface area contributed by atoms with Gasteiger partial charge < -0.3 is 5.32 Å². The van der Waals surface area contributed by atoms with Crippen LogP contribution in [0, 0.1) is 5.82 Å². The molecule has 0 fully saturated rings. The monoisotopic (exact) mass is 482 g/mol. The maximum Gasteiger partial charge on any atom is 0.434 e. The van der Waals surface area contributed by atoms with E-state index in [1.807, 2.05) is 6.07 Å². The highest BCUT2D eigenvalue weighted by atomic mass is 32.2. The molecule has 12 heteroatoms. The van der Waals surface area contributed by atoms with Gasteiger partial charge in [0.15, 0.2) is 5.69 Å². The average Bonchev–Trinajstić information content (AvgIpc) is 3.39. The summed E-state index contributed by atoms with van der Waals surface area (Å²) in [7, 11) is -3.81. The van der Waals surface area contributed by atoms with Crippen LogP contribution in [-0.4, -0.2) is 42.9 Å². The van der Waals surface area contributed by atoms with Gasteiger partial charge in [0.2, 0.25) is 10.0 Å². The Kier molecular flexibility index (Phi) is 5.87. The Labute approximate surface area is 186 Å². The second-order valence-corrected chi connectivity index (χ2v) is 9.30. The van der Waals surface area contributed by atoms with Gasteiger partial charge in [-0.2, -0.15) is 18.3 Å². The van der Waals surface area contributed by atoms with E-state index >= 15 is 0 Å². The molecule has 2 aromatic carbocycles. The number of sulfonamides is 1. The van der Waals surface area contributed by atoms with Crippen LogP contribution in [0.15, 0.2) is 54.7 Å². The summed E-state index contributed by atoms with van der Waals surface area (Å²) in [6.45, 7) is -0.161. The molecular formula is C21H18F4N4O3S. The lowest BCUT2D eigenvalue weighted by Gasteiger charge is -2.19. The number of fused-ring (bicyclic) bond motifs is 1. The number of benzene rings is 2. The van der Waals surface area contributed by atoms with E-state index in [4.69, 9.17) is 0 Å². The van der Waals surface area contributed by atoms with Crippen molar-refractivity contribution in [2.45, 2.75) is 12.6 Å². The van der Waals surface area contributed by atoms with E-state index in [2.05, 4.69) is 10.4 Å². The third-order valence-corrected chi connectivity index (χ3v) is 6.96. The maximum absolute atomic E-state index is 14.0. The number of rotatable bonds is 6. The number of halogens is 4. The van der Waals surface area contributed by atoms with Gasteiger partial charge >= 0.3 is 6.18 Å². The van der Waals surface area contributed by atoms with Crippen LogP contribution in [-0.2, 0) is 22.6 Å². The lowest BCUT2D eigenvalue weighted by atomic mass is 10.2. The highest BCUT2D eigenvalue weighted by molar-refractivity contribution is 7.92. The van der Waals surface area contributed by atoms with Gasteiger partial charge in [0.1, 0.15) is 11.5 Å². The van der Waals surface area contributed by atoms with Crippen LogP contribution in [0.25, 0.3) is 5.69 Å². The van der Waals surface area contributed by atoms with E-state index in [-0.39, 0.29) is 6.54 Å². The maximum atomic E-state index is 14.0. The van der Waals surface area contributed by atoms with E-state index in [0.29, 0.717) is 23.0 Å². The van der Waals surface area contributed by atoms with E-state index < -0.39 is 57.2 Å². The van der Waals surface area contributed by atoms with Crippen molar-refractivity contribution in [3.8, 4) is 5.69 Å². The standard InChI is InChI=1S/C21H18F4N4O3S/c22-16-6-2-4-8-18(16)29-19(21(23,24)25)15(13-27-29)20(30)26-10-12-33(31,32)28-11-9-14-5-1-3-7-17(14)28/h1-8,13H,9-12H2,(H,26,30). The van der Waals surface area contributed by atoms with Gasteiger partial charge in [-0.15, -0.1) is 0 Å². The SMILES string of the molecule is O=C(NCCS(=O)(=O)N1CCc2ccccc21)c1cnn(-c2ccccc2F)c1C(F)(F)F. The zero-order valence-corrected chi connectivity index (χ0v) is 17.8. The first-order valence-corrected chi connectivity index (χ1v) is 11.5. The molecule has 1 aliphatic rings. The first-order chi connectivity index (χ1) is 15.6. The van der Waals surface area contributed by atoms with Crippen LogP contribution in [0.2, 0.25) is 0 Å². The zero-order chi connectivity index (χ0) is 23.8. The molecule has 3 aromatic rings. The number of amides is 1. The highest BCUT2D eigenvalue weighted by Gasteiger charge is 2.41. The van der Waals surface area contributed by atoms with Crippen molar-refractivity contribution in [3.63, 3.8) is 0 Å². The highest BCUT2D eigenvalue weighted by Crippen LogP contribution is 2.34. The van der Waals surface area contributed by atoms with Crippen molar-refractivity contribution in [2.24, 2.45) is 0 Å². The van der Waals surface area contributed by atoms with Crippen LogP contribution in [0.3, 0.4) is 0 Å². The molecule has 4 rings (SSSR count). The lowest BCUT2D eigenvalue weighted by Crippen LogP contribution is -2.37. The average molecular weight is 482 g/mol. The Morgan fingerprint density at radius 2 is 1.73 bits per heavy atom. The Morgan fingerprint density at radius 3 is 2.42 bits per heavy atom. The van der Waals surface area contributed by atoms with Gasteiger partial charge in [-0.3, -0.25) is 9.10 Å². The molecule has 2 heterocycles. The molecule has 0 spiro atoms. The van der Waals surface area contributed by atoms with Crippen LogP contribution in [0.5, 0.6) is 0 Å². The summed E-state index contributed by atoms with van der Waals surface area (Å²) in [5.41, 5.74) is -1.34. The molecule has 7 nitrogen and oxygen atoms in total. The topological polar surface area (TPSA) is 84.3 Å². The summed E-state index contributed by atoms with van der Waals surface area (Å²) in [4.78, 5) is 12.5. The smallest absolute Gasteiger partial charge is 0.351 e. The zero-order valence-electron chi connectivity index (χ0n) is 17.0. The normalized spacial score (nSPS) is 13.8. The van der Waals surface area contributed by atoms with E-state index in [1.54, 1.807) is 18.2 Å². The number of alkyl halides is 3. The van der Waals surface area contributed by atoms with Gasteiger partial charge in [-0.05, 0) is 30.2 Å². The van der Waals surface area contributed by atoms with E-state index in [0.717, 1.165) is 17.7 Å². The molecule has 0 unspecified atom stereocenters. The van der Waals surface area contributed by atoms with Crippen molar-refractivity contribution in [1.29, 1.82) is 0 Å².